The molecule has 2 heterocycles. The van der Waals surface area contributed by atoms with Gasteiger partial charge in [-0.15, -0.1) is 14.6 Å². The van der Waals surface area contributed by atoms with Gasteiger partial charge >= 0.3 is 5.56 Å². The van der Waals surface area contributed by atoms with E-state index in [2.05, 4.69) is 45.0 Å². The van der Waals surface area contributed by atoms with Crippen LogP contribution in [0.5, 0.6) is 5.88 Å². The standard InChI is InChI=1S/C25H24Cl2N8O15S6/c26-14-11-19(56(45,46)47)15(27)10-17(14)35-22(37)20(21(34-35)48-12-36)33-32-16-9-13(3-4-18(16)53-50-49-38)28-23-29-24(51-5-1-7-54(39,40)41)31-25(30-23)52-6-2-8-55(42,43)44/h3-4,9-12,34,38H,1-2,5-8H2,(H,39,40,41)(H,42,43,44)(H,45,46,47)(H,28,29,30,31). The van der Waals surface area contributed by atoms with Crippen molar-refractivity contribution in [2.24, 2.45) is 10.2 Å². The van der Waals surface area contributed by atoms with Crippen LogP contribution in [0, 0.1) is 0 Å². The zero-order chi connectivity index (χ0) is 41.3. The number of azo groups is 1. The molecule has 0 unspecified atom stereocenters. The van der Waals surface area contributed by atoms with Crippen LogP contribution in [0.3, 0.4) is 0 Å². The SMILES string of the molecule is O=COc1[nH]n(-c2cc(Cl)c(S(=O)(=O)O)cc2Cl)c(=O)c1N=Nc1cc(Nc2nc(SCCCS(=O)(=O)O)nc(SCCCS(=O)(=O)O)n2)ccc1SOOO. The number of nitrogens with zero attached hydrogens (tertiary/aromatic N) is 6. The maximum absolute atomic E-state index is 13.5. The Morgan fingerprint density at radius 3 is 2.07 bits per heavy atom. The third-order valence-electron chi connectivity index (χ3n) is 6.30. The van der Waals surface area contributed by atoms with Gasteiger partial charge in [0.25, 0.3) is 36.8 Å². The Labute approximate surface area is 338 Å². The first kappa shape index (κ1) is 45.3. The quantitative estimate of drug-likeness (QED) is 0.00957. The summed E-state index contributed by atoms with van der Waals surface area (Å²) < 4.78 is 105. The van der Waals surface area contributed by atoms with E-state index in [9.17, 15) is 39.4 Å². The molecule has 0 fully saturated rings. The molecule has 304 valence electrons. The number of nitrogens with one attached hydrogen (secondary N) is 2. The van der Waals surface area contributed by atoms with Gasteiger partial charge in [0.1, 0.15) is 10.6 Å². The number of rotatable bonds is 21. The van der Waals surface area contributed by atoms with E-state index in [0.29, 0.717) is 16.7 Å². The third-order valence-corrected chi connectivity index (χ3v) is 12.0. The van der Waals surface area contributed by atoms with Crippen molar-refractivity contribution in [3.63, 3.8) is 0 Å². The number of aromatic nitrogens is 5. The summed E-state index contributed by atoms with van der Waals surface area (Å²) in [6.07, 6.45) is 0.101. The van der Waals surface area contributed by atoms with Crippen molar-refractivity contribution >= 4 is 119 Å². The van der Waals surface area contributed by atoms with E-state index < -0.39 is 68.9 Å². The van der Waals surface area contributed by atoms with Crippen LogP contribution in [0.25, 0.3) is 5.69 Å². The molecule has 0 aliphatic rings. The summed E-state index contributed by atoms with van der Waals surface area (Å²) in [5, 5.41) is 25.0. The Morgan fingerprint density at radius 1 is 0.893 bits per heavy atom. The number of halogens is 2. The molecule has 0 bridgehead atoms. The van der Waals surface area contributed by atoms with E-state index in [1.54, 1.807) is 0 Å². The molecule has 0 radical (unpaired) electrons. The molecule has 0 spiro atoms. The molecule has 2 aromatic heterocycles. The molecule has 4 rings (SSSR count). The number of thioether (sulfide) groups is 2. The lowest BCUT2D eigenvalue weighted by molar-refractivity contribution is -0.432. The highest BCUT2D eigenvalue weighted by atomic mass is 35.5. The van der Waals surface area contributed by atoms with Crippen molar-refractivity contribution in [3.05, 3.63) is 50.7 Å². The predicted molar refractivity (Wildman–Crippen MR) is 201 cm³/mol. The molecule has 23 nitrogen and oxygen atoms in total. The molecule has 56 heavy (non-hydrogen) atoms. The fourth-order valence-electron chi connectivity index (χ4n) is 4.04. The first-order chi connectivity index (χ1) is 26.3. The first-order valence-corrected chi connectivity index (χ1v) is 22.7. The molecule has 0 aliphatic heterocycles. The van der Waals surface area contributed by atoms with Crippen molar-refractivity contribution in [2.45, 2.75) is 32.9 Å². The molecule has 6 N–H and O–H groups in total. The summed E-state index contributed by atoms with van der Waals surface area (Å²) >= 11 is 14.7. The number of carbonyl (C=O) groups excluding carboxylic acids is 1. The van der Waals surface area contributed by atoms with Crippen molar-refractivity contribution in [1.82, 2.24) is 24.7 Å². The highest BCUT2D eigenvalue weighted by Crippen LogP contribution is 2.36. The normalized spacial score (nSPS) is 12.3. The average molecular weight is 940 g/mol. The lowest BCUT2D eigenvalue weighted by Gasteiger charge is -2.10. The number of benzene rings is 2. The van der Waals surface area contributed by atoms with E-state index in [1.807, 2.05) is 0 Å². The second-order valence-electron chi connectivity index (χ2n) is 10.3. The van der Waals surface area contributed by atoms with Gasteiger partial charge in [0.15, 0.2) is 10.3 Å². The van der Waals surface area contributed by atoms with Crippen LogP contribution >= 0.6 is 58.8 Å². The van der Waals surface area contributed by atoms with E-state index in [0.717, 1.165) is 35.7 Å². The van der Waals surface area contributed by atoms with Gasteiger partial charge in [0.05, 0.1) is 44.2 Å². The molecular weight excluding hydrogens is 916 g/mol. The molecule has 4 aromatic rings. The number of H-pyrrole nitrogens is 1. The second kappa shape index (κ2) is 19.8. The zero-order valence-electron chi connectivity index (χ0n) is 27.4. The fraction of sp³-hybridized carbons (Fsp3) is 0.240. The summed E-state index contributed by atoms with van der Waals surface area (Å²) in [5.74, 6) is -1.28. The molecular formula is C25H24Cl2N8O15S6. The summed E-state index contributed by atoms with van der Waals surface area (Å²) in [7, 11) is -13.2. The van der Waals surface area contributed by atoms with Crippen LogP contribution in [0.2, 0.25) is 10.0 Å². The first-order valence-electron chi connectivity index (χ1n) is 14.6. The molecule has 0 aliphatic carbocycles. The highest BCUT2D eigenvalue weighted by Gasteiger charge is 2.23. The van der Waals surface area contributed by atoms with Gasteiger partial charge in [-0.2, -0.15) is 40.2 Å². The largest absolute Gasteiger partial charge is 0.408 e. The predicted octanol–water partition coefficient (Wildman–Crippen LogP) is 4.77. The minimum atomic E-state index is -4.80. The van der Waals surface area contributed by atoms with Gasteiger partial charge < -0.3 is 10.1 Å². The van der Waals surface area contributed by atoms with E-state index in [-0.39, 0.29) is 74.1 Å². The molecule has 0 amide bonds. The maximum Gasteiger partial charge on any atom is 0.303 e. The van der Waals surface area contributed by atoms with Gasteiger partial charge in [0.2, 0.25) is 17.5 Å². The number of anilines is 2. The minimum absolute atomic E-state index is 0.0419. The van der Waals surface area contributed by atoms with Crippen LogP contribution in [-0.2, 0) is 44.5 Å². The number of carbonyl (C=O) groups is 1. The number of ether oxygens (including phenoxy) is 1. The van der Waals surface area contributed by atoms with Gasteiger partial charge in [-0.3, -0.25) is 28.3 Å². The Hall–Kier alpha value is -3.43. The average Bonchev–Trinajstić information content (AvgIpc) is 3.40. The Kier molecular flexibility index (Phi) is 16.0. The van der Waals surface area contributed by atoms with Crippen LogP contribution in [0.4, 0.5) is 23.0 Å². The van der Waals surface area contributed by atoms with Crippen LogP contribution in [0.1, 0.15) is 12.8 Å². The highest BCUT2D eigenvalue weighted by molar-refractivity contribution is 7.99. The van der Waals surface area contributed by atoms with E-state index in [1.165, 1.54) is 18.2 Å². The second-order valence-corrected chi connectivity index (χ2v) is 18.5. The van der Waals surface area contributed by atoms with Gasteiger partial charge in [-0.1, -0.05) is 51.8 Å². The van der Waals surface area contributed by atoms with E-state index >= 15 is 0 Å². The van der Waals surface area contributed by atoms with Crippen molar-refractivity contribution < 1.29 is 63.1 Å². The number of hydrogen-bond donors (Lipinski definition) is 6. The van der Waals surface area contributed by atoms with Gasteiger partial charge in [-0.05, 0) is 43.2 Å². The molecule has 0 saturated carbocycles. The van der Waals surface area contributed by atoms with Gasteiger partial charge in [-0.25, -0.2) is 9.94 Å². The number of aromatic amines is 1. The summed E-state index contributed by atoms with van der Waals surface area (Å²) in [5.41, 5.74) is -1.74. The van der Waals surface area contributed by atoms with Crippen molar-refractivity contribution in [1.29, 1.82) is 0 Å². The summed E-state index contributed by atoms with van der Waals surface area (Å²) in [6.45, 7) is -0.0419. The number of hydrogen-bond acceptors (Lipinski definition) is 21. The van der Waals surface area contributed by atoms with Crippen molar-refractivity contribution in [2.75, 3.05) is 28.3 Å². The van der Waals surface area contributed by atoms with Crippen LogP contribution < -0.4 is 15.6 Å². The minimum Gasteiger partial charge on any atom is -0.408 e. The monoisotopic (exact) mass is 938 g/mol. The Balaban J connectivity index is 1.70. The van der Waals surface area contributed by atoms with Crippen LogP contribution in [0.15, 0.2) is 65.5 Å². The molecule has 0 atom stereocenters. The summed E-state index contributed by atoms with van der Waals surface area (Å²) in [6, 6.07) is 5.91. The van der Waals surface area contributed by atoms with Crippen LogP contribution in [-0.4, -0.2) is 98.4 Å². The lowest BCUT2D eigenvalue weighted by Crippen LogP contribution is -2.15. The van der Waals surface area contributed by atoms with Crippen molar-refractivity contribution in [3.8, 4) is 11.6 Å². The Morgan fingerprint density at radius 2 is 1.52 bits per heavy atom. The smallest absolute Gasteiger partial charge is 0.303 e. The van der Waals surface area contributed by atoms with E-state index in [4.69, 9.17) is 42.3 Å². The maximum atomic E-state index is 13.5. The fourth-order valence-corrected chi connectivity index (χ4v) is 8.78. The molecule has 31 heteroatoms. The topological polar surface area (TPSA) is 341 Å². The Bertz CT molecular complexity index is 2450. The molecule has 2 aromatic carbocycles. The lowest BCUT2D eigenvalue weighted by atomic mass is 10.3. The molecule has 0 saturated heterocycles. The zero-order valence-corrected chi connectivity index (χ0v) is 33.8. The van der Waals surface area contributed by atoms with Gasteiger partial charge in [0, 0.05) is 17.2 Å². The summed E-state index contributed by atoms with van der Waals surface area (Å²) in [4.78, 5) is 37.0. The third kappa shape index (κ3) is 13.6.